The Morgan fingerprint density at radius 3 is 2.05 bits per heavy atom. The van der Waals surface area contributed by atoms with Crippen molar-refractivity contribution in [1.82, 2.24) is 0 Å². The van der Waals surface area contributed by atoms with E-state index in [0.717, 1.165) is 21.5 Å². The molecule has 0 aliphatic rings. The maximum Gasteiger partial charge on any atom is 0.339 e. The Morgan fingerprint density at radius 1 is 0.757 bits per heavy atom. The van der Waals surface area contributed by atoms with Gasteiger partial charge in [-0.3, -0.25) is 4.79 Å². The van der Waals surface area contributed by atoms with Gasteiger partial charge >= 0.3 is 10.1 Å². The van der Waals surface area contributed by atoms with Crippen molar-refractivity contribution in [2.24, 2.45) is 0 Å². The molecule has 0 unspecified atom stereocenters. The van der Waals surface area contributed by atoms with Crippen LogP contribution in [0, 0.1) is 11.3 Å². The average molecular weight is 505 g/mol. The zero-order valence-corrected chi connectivity index (χ0v) is 20.3. The molecule has 0 aliphatic carbocycles. The Hall–Kier alpha value is -4.93. The molecule has 0 aromatic heterocycles. The third-order valence-electron chi connectivity index (χ3n) is 5.80. The normalized spacial score (nSPS) is 11.7. The van der Waals surface area contributed by atoms with Crippen LogP contribution in [0.4, 0.5) is 5.69 Å². The van der Waals surface area contributed by atoms with E-state index in [0.29, 0.717) is 5.69 Å². The molecular weight excluding hydrogens is 484 g/mol. The van der Waals surface area contributed by atoms with E-state index < -0.39 is 16.0 Å². The highest BCUT2D eigenvalue weighted by atomic mass is 32.2. The van der Waals surface area contributed by atoms with Crippen LogP contribution < -0.4 is 9.50 Å². The fraction of sp³-hybridized carbons (Fsp3) is 0. The van der Waals surface area contributed by atoms with Gasteiger partial charge in [0.2, 0.25) is 0 Å². The van der Waals surface area contributed by atoms with Crippen molar-refractivity contribution in [3.63, 3.8) is 0 Å². The molecule has 180 valence electrons. The number of anilines is 1. The molecule has 6 nitrogen and oxygen atoms in total. The summed E-state index contributed by atoms with van der Waals surface area (Å²) in [5, 5.41) is 16.0. The van der Waals surface area contributed by atoms with Gasteiger partial charge in [-0.2, -0.15) is 13.7 Å². The van der Waals surface area contributed by atoms with Crippen LogP contribution in [0.25, 0.3) is 27.6 Å². The number of rotatable bonds is 6. The van der Waals surface area contributed by atoms with Gasteiger partial charge in [-0.05, 0) is 58.0 Å². The van der Waals surface area contributed by atoms with Crippen LogP contribution in [0.5, 0.6) is 5.75 Å². The Balaban J connectivity index is 1.42. The van der Waals surface area contributed by atoms with E-state index in [1.165, 1.54) is 18.2 Å². The SMILES string of the molecule is N#C/C(=C\c1ccccc1OS(=O)(=O)c1ccc2ccccc2c1)C(=O)Nc1ccc2ccccc2c1. The smallest absolute Gasteiger partial charge is 0.339 e. The number of carbonyl (C=O) groups is 1. The Labute approximate surface area is 214 Å². The predicted molar refractivity (Wildman–Crippen MR) is 144 cm³/mol. The Morgan fingerprint density at radius 2 is 1.35 bits per heavy atom. The first-order valence-electron chi connectivity index (χ1n) is 11.4. The molecule has 0 heterocycles. The molecular formula is C30H20N2O4S. The lowest BCUT2D eigenvalue weighted by molar-refractivity contribution is -0.112. The van der Waals surface area contributed by atoms with Crippen LogP contribution in [-0.4, -0.2) is 14.3 Å². The van der Waals surface area contributed by atoms with Crippen molar-refractivity contribution < 1.29 is 17.4 Å². The minimum Gasteiger partial charge on any atom is -0.378 e. The highest BCUT2D eigenvalue weighted by Gasteiger charge is 2.19. The van der Waals surface area contributed by atoms with Crippen molar-refractivity contribution in [2.75, 3.05) is 5.32 Å². The molecule has 0 aliphatic heterocycles. The second kappa shape index (κ2) is 9.97. The van der Waals surface area contributed by atoms with Gasteiger partial charge in [0.05, 0.1) is 0 Å². The summed E-state index contributed by atoms with van der Waals surface area (Å²) in [4.78, 5) is 12.9. The van der Waals surface area contributed by atoms with Crippen LogP contribution in [0.3, 0.4) is 0 Å². The number of para-hydroxylation sites is 1. The summed E-state index contributed by atoms with van der Waals surface area (Å²) in [6.45, 7) is 0. The molecule has 7 heteroatoms. The highest BCUT2D eigenvalue weighted by molar-refractivity contribution is 7.87. The topological polar surface area (TPSA) is 96.3 Å². The summed E-state index contributed by atoms with van der Waals surface area (Å²) < 4.78 is 31.5. The lowest BCUT2D eigenvalue weighted by Gasteiger charge is -2.11. The van der Waals surface area contributed by atoms with E-state index in [2.05, 4.69) is 5.32 Å². The number of nitrogens with one attached hydrogen (secondary N) is 1. The minimum absolute atomic E-state index is 0.000429. The lowest BCUT2D eigenvalue weighted by atomic mass is 10.1. The molecule has 5 aromatic carbocycles. The molecule has 0 fully saturated rings. The van der Waals surface area contributed by atoms with Crippen LogP contribution >= 0.6 is 0 Å². The number of amides is 1. The first kappa shape index (κ1) is 23.8. The number of carbonyl (C=O) groups excluding carboxylic acids is 1. The van der Waals surface area contributed by atoms with E-state index in [1.807, 2.05) is 66.7 Å². The number of benzene rings is 5. The van der Waals surface area contributed by atoms with Crippen molar-refractivity contribution in [1.29, 1.82) is 5.26 Å². The summed E-state index contributed by atoms with van der Waals surface area (Å²) in [6, 6.07) is 33.5. The van der Waals surface area contributed by atoms with Crippen molar-refractivity contribution >= 4 is 49.3 Å². The quantitative estimate of drug-likeness (QED) is 0.166. The second-order valence-electron chi connectivity index (χ2n) is 8.27. The van der Waals surface area contributed by atoms with Gasteiger partial charge in [0.1, 0.15) is 22.3 Å². The number of fused-ring (bicyclic) bond motifs is 2. The molecule has 5 aromatic rings. The maximum absolute atomic E-state index is 13.0. The van der Waals surface area contributed by atoms with Crippen molar-refractivity contribution in [2.45, 2.75) is 4.90 Å². The van der Waals surface area contributed by atoms with E-state index in [9.17, 15) is 18.5 Å². The summed E-state index contributed by atoms with van der Waals surface area (Å²) in [6.07, 6.45) is 1.31. The monoisotopic (exact) mass is 504 g/mol. The third-order valence-corrected chi connectivity index (χ3v) is 7.03. The summed E-state index contributed by atoms with van der Waals surface area (Å²) in [5.74, 6) is -0.619. The number of hydrogen-bond donors (Lipinski definition) is 1. The van der Waals surface area contributed by atoms with E-state index in [1.54, 1.807) is 36.4 Å². The standard InChI is InChI=1S/C30H20N2O4S/c31-20-26(30(33)32-27-15-13-21-7-1-3-9-23(21)18-27)17-25-11-5-6-12-29(25)36-37(34,35)28-16-14-22-8-2-4-10-24(22)19-28/h1-19H,(H,32,33)/b26-17+. The molecule has 5 rings (SSSR count). The van der Waals surface area contributed by atoms with E-state index in [4.69, 9.17) is 4.18 Å². The minimum atomic E-state index is -4.17. The number of nitriles is 1. The summed E-state index contributed by atoms with van der Waals surface area (Å²) in [7, 11) is -4.17. The molecule has 1 N–H and O–H groups in total. The van der Waals surface area contributed by atoms with Crippen LogP contribution in [0.2, 0.25) is 0 Å². The lowest BCUT2D eigenvalue weighted by Crippen LogP contribution is -2.14. The maximum atomic E-state index is 13.0. The number of hydrogen-bond acceptors (Lipinski definition) is 5. The first-order valence-corrected chi connectivity index (χ1v) is 12.8. The van der Waals surface area contributed by atoms with Gasteiger partial charge in [0.15, 0.2) is 0 Å². The molecule has 0 saturated heterocycles. The first-order chi connectivity index (χ1) is 17.9. The fourth-order valence-electron chi connectivity index (χ4n) is 3.93. The van der Waals surface area contributed by atoms with Gasteiger partial charge in [-0.25, -0.2) is 0 Å². The third kappa shape index (κ3) is 5.20. The fourth-order valence-corrected chi connectivity index (χ4v) is 4.92. The van der Waals surface area contributed by atoms with Crippen molar-refractivity contribution in [3.05, 3.63) is 120 Å². The molecule has 0 bridgehead atoms. The van der Waals surface area contributed by atoms with Gasteiger partial charge in [-0.1, -0.05) is 78.9 Å². The molecule has 0 radical (unpaired) electrons. The summed E-state index contributed by atoms with van der Waals surface area (Å²) in [5.41, 5.74) is 0.609. The molecule has 0 spiro atoms. The average Bonchev–Trinajstić information content (AvgIpc) is 2.92. The van der Waals surface area contributed by atoms with Crippen molar-refractivity contribution in [3.8, 4) is 11.8 Å². The predicted octanol–water partition coefficient (Wildman–Crippen LogP) is 6.31. The van der Waals surface area contributed by atoms with Gasteiger partial charge in [0.25, 0.3) is 5.91 Å². The molecule has 0 saturated carbocycles. The van der Waals surface area contributed by atoms with Crippen LogP contribution in [0.15, 0.2) is 120 Å². The van der Waals surface area contributed by atoms with Gasteiger partial charge < -0.3 is 9.50 Å². The Kier molecular flexibility index (Phi) is 6.42. The van der Waals surface area contributed by atoms with Gasteiger partial charge in [-0.15, -0.1) is 0 Å². The zero-order valence-electron chi connectivity index (χ0n) is 19.5. The van der Waals surface area contributed by atoms with E-state index in [-0.39, 0.29) is 21.8 Å². The van der Waals surface area contributed by atoms with Crippen LogP contribution in [-0.2, 0) is 14.9 Å². The largest absolute Gasteiger partial charge is 0.378 e. The zero-order chi connectivity index (χ0) is 25.8. The molecule has 1 amide bonds. The van der Waals surface area contributed by atoms with E-state index >= 15 is 0 Å². The molecule has 0 atom stereocenters. The Bertz CT molecular complexity index is 1840. The van der Waals surface area contributed by atoms with Gasteiger partial charge in [0, 0.05) is 11.3 Å². The molecule has 37 heavy (non-hydrogen) atoms. The number of nitrogens with zero attached hydrogens (tertiary/aromatic N) is 1. The second-order valence-corrected chi connectivity index (χ2v) is 9.82. The van der Waals surface area contributed by atoms with Crippen LogP contribution in [0.1, 0.15) is 5.56 Å². The summed E-state index contributed by atoms with van der Waals surface area (Å²) >= 11 is 0. The highest BCUT2D eigenvalue weighted by Crippen LogP contribution is 2.27.